The van der Waals surface area contributed by atoms with Gasteiger partial charge in [-0.2, -0.15) is 0 Å². The predicted molar refractivity (Wildman–Crippen MR) is 164 cm³/mol. The van der Waals surface area contributed by atoms with Gasteiger partial charge in [0, 0.05) is 22.8 Å². The number of halogens is 1. The lowest BCUT2D eigenvalue weighted by atomic mass is 10.0. The Morgan fingerprint density at radius 2 is 1.20 bits per heavy atom. The third-order valence-electron chi connectivity index (χ3n) is 6.99. The van der Waals surface area contributed by atoms with Crippen LogP contribution in [0.5, 0.6) is 0 Å². The fraction of sp³-hybridized carbons (Fsp3) is 0.0294. The number of amides is 4. The Bertz CT molecular complexity index is 1800. The Balaban J connectivity index is 1.62. The Morgan fingerprint density at radius 1 is 0.634 bits per heavy atom. The molecule has 0 saturated carbocycles. The van der Waals surface area contributed by atoms with Crippen LogP contribution in [0.1, 0.15) is 5.56 Å². The van der Waals surface area contributed by atoms with Gasteiger partial charge in [0.1, 0.15) is 5.57 Å². The van der Waals surface area contributed by atoms with E-state index in [0.717, 1.165) is 42.5 Å². The van der Waals surface area contributed by atoms with Crippen molar-refractivity contribution in [2.24, 2.45) is 0 Å². The number of anilines is 1. The molecular formula is C34H24BrN3O3. The molecule has 5 aromatic rings. The number of barbiturate groups is 1. The molecular weight excluding hydrogens is 578 g/mol. The third kappa shape index (κ3) is 4.81. The molecule has 1 aliphatic heterocycles. The first-order valence-corrected chi connectivity index (χ1v) is 13.8. The smallest absolute Gasteiger partial charge is 0.309 e. The zero-order valence-electron chi connectivity index (χ0n) is 22.1. The van der Waals surface area contributed by atoms with Crippen LogP contribution in [0.2, 0.25) is 0 Å². The topological polar surface area (TPSA) is 62.6 Å². The van der Waals surface area contributed by atoms with Crippen molar-refractivity contribution in [1.82, 2.24) is 9.47 Å². The van der Waals surface area contributed by atoms with Crippen LogP contribution in [0.3, 0.4) is 0 Å². The zero-order valence-corrected chi connectivity index (χ0v) is 23.7. The number of likely N-dealkylation sites (N-methyl/N-ethyl adjacent to an activating group) is 1. The van der Waals surface area contributed by atoms with E-state index >= 15 is 0 Å². The molecule has 200 valence electrons. The number of benzene rings is 4. The first-order chi connectivity index (χ1) is 19.9. The SMILES string of the molecule is CN1C(=O)/C(=C/c2cc(-c3ccccc3)n(-c3ccc(Br)cc3)c2-c2ccccc2)C(=O)N(c2ccccc2)C1=O. The maximum Gasteiger partial charge on any atom is 0.338 e. The van der Waals surface area contributed by atoms with Crippen molar-refractivity contribution in [2.75, 3.05) is 11.9 Å². The normalized spacial score (nSPS) is 14.7. The predicted octanol–water partition coefficient (Wildman–Crippen LogP) is 7.58. The van der Waals surface area contributed by atoms with Crippen LogP contribution in [-0.4, -0.2) is 34.4 Å². The summed E-state index contributed by atoms with van der Waals surface area (Å²) in [5.41, 5.74) is 5.46. The molecule has 1 aromatic heterocycles. The number of imide groups is 2. The minimum Gasteiger partial charge on any atom is -0.309 e. The summed E-state index contributed by atoms with van der Waals surface area (Å²) in [5, 5.41) is 0. The summed E-state index contributed by atoms with van der Waals surface area (Å²) in [6, 6.07) is 37.7. The summed E-state index contributed by atoms with van der Waals surface area (Å²) in [7, 11) is 1.39. The molecule has 1 aliphatic rings. The van der Waals surface area contributed by atoms with Gasteiger partial charge in [0.2, 0.25) is 0 Å². The molecule has 0 aliphatic carbocycles. The minimum absolute atomic E-state index is 0.0966. The lowest BCUT2D eigenvalue weighted by molar-refractivity contribution is -0.128. The van der Waals surface area contributed by atoms with E-state index in [-0.39, 0.29) is 5.57 Å². The molecule has 0 atom stereocenters. The molecule has 4 amide bonds. The summed E-state index contributed by atoms with van der Waals surface area (Å²) in [4.78, 5) is 42.3. The van der Waals surface area contributed by atoms with Gasteiger partial charge in [0.25, 0.3) is 11.8 Å². The number of hydrogen-bond acceptors (Lipinski definition) is 3. The Morgan fingerprint density at radius 3 is 1.80 bits per heavy atom. The highest BCUT2D eigenvalue weighted by molar-refractivity contribution is 9.10. The van der Waals surface area contributed by atoms with Crippen LogP contribution in [0.15, 0.2) is 131 Å². The van der Waals surface area contributed by atoms with Gasteiger partial charge in [-0.15, -0.1) is 0 Å². The van der Waals surface area contributed by atoms with Gasteiger partial charge < -0.3 is 4.57 Å². The zero-order chi connectivity index (χ0) is 28.5. The highest BCUT2D eigenvalue weighted by atomic mass is 79.9. The summed E-state index contributed by atoms with van der Waals surface area (Å²) in [6.07, 6.45) is 1.60. The summed E-state index contributed by atoms with van der Waals surface area (Å²) in [5.74, 6) is -1.31. The van der Waals surface area contributed by atoms with Gasteiger partial charge in [-0.1, -0.05) is 94.8 Å². The van der Waals surface area contributed by atoms with E-state index in [1.807, 2.05) is 91.0 Å². The molecule has 6 rings (SSSR count). The third-order valence-corrected chi connectivity index (χ3v) is 7.52. The summed E-state index contributed by atoms with van der Waals surface area (Å²) >= 11 is 3.53. The molecule has 2 heterocycles. The van der Waals surface area contributed by atoms with E-state index in [0.29, 0.717) is 11.3 Å². The lowest BCUT2D eigenvalue weighted by Crippen LogP contribution is -2.55. The Kier molecular flexibility index (Phi) is 6.95. The van der Waals surface area contributed by atoms with Gasteiger partial charge in [-0.05, 0) is 59.7 Å². The standard InChI is InChI=1S/C34H24BrN3O3/c1-36-32(39)29(33(40)38(34(36)41)27-15-9-4-10-16-27)21-25-22-30(23-11-5-2-6-12-23)37(28-19-17-26(35)18-20-28)31(25)24-13-7-3-8-14-24/h2-22H,1H3/b29-21-. The average molecular weight is 602 g/mol. The Hall–Kier alpha value is -5.01. The van der Waals surface area contributed by atoms with Crippen molar-refractivity contribution >= 4 is 45.5 Å². The molecule has 4 aromatic carbocycles. The lowest BCUT2D eigenvalue weighted by Gasteiger charge is -2.31. The van der Waals surface area contributed by atoms with Gasteiger partial charge in [-0.3, -0.25) is 14.5 Å². The number of hydrogen-bond donors (Lipinski definition) is 0. The van der Waals surface area contributed by atoms with Crippen molar-refractivity contribution in [3.05, 3.63) is 137 Å². The second kappa shape index (κ2) is 10.9. The van der Waals surface area contributed by atoms with E-state index < -0.39 is 17.8 Å². The number of para-hydroxylation sites is 1. The van der Waals surface area contributed by atoms with E-state index in [1.165, 1.54) is 7.05 Å². The fourth-order valence-corrected chi connectivity index (χ4v) is 5.28. The molecule has 0 radical (unpaired) electrons. The highest BCUT2D eigenvalue weighted by Gasteiger charge is 2.41. The van der Waals surface area contributed by atoms with Crippen LogP contribution in [0, 0.1) is 0 Å². The quantitative estimate of drug-likeness (QED) is 0.154. The molecule has 6 nitrogen and oxygen atoms in total. The van der Waals surface area contributed by atoms with Gasteiger partial charge in [0.15, 0.2) is 0 Å². The van der Waals surface area contributed by atoms with Crippen molar-refractivity contribution < 1.29 is 14.4 Å². The number of aromatic nitrogens is 1. The maximum atomic E-state index is 13.8. The monoisotopic (exact) mass is 601 g/mol. The van der Waals surface area contributed by atoms with Crippen molar-refractivity contribution in [3.63, 3.8) is 0 Å². The molecule has 41 heavy (non-hydrogen) atoms. The molecule has 1 fully saturated rings. The van der Waals surface area contributed by atoms with Crippen molar-refractivity contribution in [1.29, 1.82) is 0 Å². The van der Waals surface area contributed by atoms with Crippen LogP contribution in [0.4, 0.5) is 10.5 Å². The van der Waals surface area contributed by atoms with E-state index in [4.69, 9.17) is 0 Å². The number of rotatable bonds is 5. The van der Waals surface area contributed by atoms with E-state index in [9.17, 15) is 14.4 Å². The van der Waals surface area contributed by atoms with Gasteiger partial charge >= 0.3 is 6.03 Å². The Labute approximate surface area is 245 Å². The number of nitrogens with zero attached hydrogens (tertiary/aromatic N) is 3. The fourth-order valence-electron chi connectivity index (χ4n) is 5.01. The van der Waals surface area contributed by atoms with Crippen LogP contribution in [-0.2, 0) is 9.59 Å². The maximum absolute atomic E-state index is 13.8. The van der Waals surface area contributed by atoms with Crippen molar-refractivity contribution in [3.8, 4) is 28.2 Å². The molecule has 0 N–H and O–H groups in total. The van der Waals surface area contributed by atoms with Crippen LogP contribution >= 0.6 is 15.9 Å². The largest absolute Gasteiger partial charge is 0.338 e. The number of urea groups is 1. The molecule has 0 bridgehead atoms. The highest BCUT2D eigenvalue weighted by Crippen LogP contribution is 2.38. The average Bonchev–Trinajstić information content (AvgIpc) is 3.39. The first-order valence-electron chi connectivity index (χ1n) is 13.0. The summed E-state index contributed by atoms with van der Waals surface area (Å²) < 4.78 is 3.08. The van der Waals surface area contributed by atoms with Crippen LogP contribution in [0.25, 0.3) is 34.3 Å². The van der Waals surface area contributed by atoms with Crippen molar-refractivity contribution in [2.45, 2.75) is 0 Å². The number of carbonyl (C=O) groups excluding carboxylic acids is 3. The second-order valence-electron chi connectivity index (χ2n) is 9.56. The van der Waals surface area contributed by atoms with Gasteiger partial charge in [0.05, 0.1) is 17.1 Å². The molecule has 1 saturated heterocycles. The molecule has 0 unspecified atom stereocenters. The molecule has 7 heteroatoms. The molecule has 0 spiro atoms. The first kappa shape index (κ1) is 26.2. The minimum atomic E-state index is -0.691. The van der Waals surface area contributed by atoms with Gasteiger partial charge in [-0.25, -0.2) is 9.69 Å². The van der Waals surface area contributed by atoms with E-state index in [1.54, 1.807) is 36.4 Å². The number of carbonyl (C=O) groups is 3. The van der Waals surface area contributed by atoms with E-state index in [2.05, 4.69) is 20.5 Å². The van der Waals surface area contributed by atoms with Crippen LogP contribution < -0.4 is 4.90 Å². The summed E-state index contributed by atoms with van der Waals surface area (Å²) in [6.45, 7) is 0. The second-order valence-corrected chi connectivity index (χ2v) is 10.5.